The third kappa shape index (κ3) is 12.8. The van der Waals surface area contributed by atoms with Gasteiger partial charge in [0.05, 0.1) is 5.56 Å². The van der Waals surface area contributed by atoms with Crippen molar-refractivity contribution in [1.29, 1.82) is 0 Å². The molecule has 1 rings (SSSR count). The molecule has 3 N–H and O–H groups in total. The summed E-state index contributed by atoms with van der Waals surface area (Å²) >= 11 is 0. The summed E-state index contributed by atoms with van der Waals surface area (Å²) in [6.45, 7) is 3.19. The SMILES string of the molecule is CCCCCCCCCCCCCCCCCCNc1ccccc1C(N)=O. The first kappa shape index (κ1) is 24.5. The molecule has 28 heavy (non-hydrogen) atoms. The summed E-state index contributed by atoms with van der Waals surface area (Å²) in [5.74, 6) is -0.366. The van der Waals surface area contributed by atoms with Gasteiger partial charge in [-0.25, -0.2) is 0 Å². The number of nitrogens with two attached hydrogens (primary N) is 1. The number of hydrogen-bond donors (Lipinski definition) is 2. The monoisotopic (exact) mass is 388 g/mol. The van der Waals surface area contributed by atoms with Gasteiger partial charge in [0, 0.05) is 12.2 Å². The second-order valence-corrected chi connectivity index (χ2v) is 8.14. The normalized spacial score (nSPS) is 10.9. The molecule has 0 aliphatic carbocycles. The van der Waals surface area contributed by atoms with Crippen LogP contribution in [0.2, 0.25) is 0 Å². The van der Waals surface area contributed by atoms with E-state index in [1.165, 1.54) is 96.3 Å². The van der Waals surface area contributed by atoms with Crippen LogP contribution in [0.15, 0.2) is 24.3 Å². The van der Waals surface area contributed by atoms with Crippen molar-refractivity contribution in [2.24, 2.45) is 5.73 Å². The first-order chi connectivity index (χ1) is 13.8. The van der Waals surface area contributed by atoms with Gasteiger partial charge >= 0.3 is 0 Å². The fourth-order valence-electron chi connectivity index (χ4n) is 3.75. The second kappa shape index (κ2) is 17.6. The minimum Gasteiger partial charge on any atom is -0.384 e. The molecule has 0 heterocycles. The lowest BCUT2D eigenvalue weighted by atomic mass is 10.0. The van der Waals surface area contributed by atoms with Crippen LogP contribution in [0.1, 0.15) is 120 Å². The van der Waals surface area contributed by atoms with Gasteiger partial charge in [0.2, 0.25) is 0 Å². The van der Waals surface area contributed by atoms with Gasteiger partial charge in [-0.05, 0) is 18.6 Å². The summed E-state index contributed by atoms with van der Waals surface area (Å²) in [6, 6.07) is 7.48. The number of anilines is 1. The van der Waals surface area contributed by atoms with E-state index >= 15 is 0 Å². The Morgan fingerprint density at radius 1 is 0.714 bits per heavy atom. The molecule has 0 fully saturated rings. The molecule has 3 heteroatoms. The number of para-hydroxylation sites is 1. The Balaban J connectivity index is 1.83. The average molecular weight is 389 g/mol. The summed E-state index contributed by atoms with van der Waals surface area (Å²) in [5, 5.41) is 3.34. The summed E-state index contributed by atoms with van der Waals surface area (Å²) in [7, 11) is 0. The Bertz CT molecular complexity index is 501. The maximum Gasteiger partial charge on any atom is 0.250 e. The molecule has 1 aromatic rings. The van der Waals surface area contributed by atoms with Crippen molar-refractivity contribution >= 4 is 11.6 Å². The Kier molecular flexibility index (Phi) is 15.4. The first-order valence-corrected chi connectivity index (χ1v) is 11.9. The van der Waals surface area contributed by atoms with Gasteiger partial charge in [-0.1, -0.05) is 115 Å². The molecule has 0 aliphatic rings. The third-order valence-corrected chi connectivity index (χ3v) is 5.54. The number of unbranched alkanes of at least 4 members (excludes halogenated alkanes) is 15. The van der Waals surface area contributed by atoms with E-state index in [0.29, 0.717) is 5.56 Å². The van der Waals surface area contributed by atoms with Crippen molar-refractivity contribution in [1.82, 2.24) is 0 Å². The predicted molar refractivity (Wildman–Crippen MR) is 123 cm³/mol. The number of nitrogens with one attached hydrogen (secondary N) is 1. The third-order valence-electron chi connectivity index (χ3n) is 5.54. The van der Waals surface area contributed by atoms with Crippen LogP contribution in [0, 0.1) is 0 Å². The van der Waals surface area contributed by atoms with Crippen molar-refractivity contribution in [2.75, 3.05) is 11.9 Å². The zero-order valence-corrected chi connectivity index (χ0v) is 18.3. The maximum absolute atomic E-state index is 11.4. The second-order valence-electron chi connectivity index (χ2n) is 8.14. The highest BCUT2D eigenvalue weighted by atomic mass is 16.1. The van der Waals surface area contributed by atoms with Crippen molar-refractivity contribution < 1.29 is 4.79 Å². The molecule has 0 radical (unpaired) electrons. The Hall–Kier alpha value is -1.51. The van der Waals surface area contributed by atoms with Gasteiger partial charge < -0.3 is 11.1 Å². The number of hydrogen-bond acceptors (Lipinski definition) is 2. The summed E-state index contributed by atoms with van der Waals surface area (Å²) < 4.78 is 0. The summed E-state index contributed by atoms with van der Waals surface area (Å²) in [4.78, 5) is 11.4. The number of amides is 1. The van der Waals surface area contributed by atoms with Crippen LogP contribution in [-0.2, 0) is 0 Å². The Labute approximate surface area is 173 Å². The molecule has 160 valence electrons. The first-order valence-electron chi connectivity index (χ1n) is 11.9. The van der Waals surface area contributed by atoms with Crippen molar-refractivity contribution in [3.63, 3.8) is 0 Å². The zero-order valence-electron chi connectivity index (χ0n) is 18.3. The van der Waals surface area contributed by atoms with Crippen LogP contribution in [0.3, 0.4) is 0 Å². The number of primary amides is 1. The average Bonchev–Trinajstić information content (AvgIpc) is 2.70. The van der Waals surface area contributed by atoms with Gasteiger partial charge in [0.15, 0.2) is 0 Å². The van der Waals surface area contributed by atoms with E-state index in [0.717, 1.165) is 18.7 Å². The van der Waals surface area contributed by atoms with E-state index < -0.39 is 0 Å². The molecule has 0 aliphatic heterocycles. The van der Waals surface area contributed by atoms with Crippen LogP contribution in [-0.4, -0.2) is 12.5 Å². The minimum atomic E-state index is -0.366. The lowest BCUT2D eigenvalue weighted by Crippen LogP contribution is -2.14. The van der Waals surface area contributed by atoms with Crippen LogP contribution in [0.4, 0.5) is 5.69 Å². The van der Waals surface area contributed by atoms with Crippen molar-refractivity contribution in [3.8, 4) is 0 Å². The van der Waals surface area contributed by atoms with Crippen LogP contribution < -0.4 is 11.1 Å². The Morgan fingerprint density at radius 2 is 1.14 bits per heavy atom. The molecular weight excluding hydrogens is 344 g/mol. The van der Waals surface area contributed by atoms with Crippen molar-refractivity contribution in [2.45, 2.75) is 110 Å². The van der Waals surface area contributed by atoms with Crippen LogP contribution >= 0.6 is 0 Å². The Morgan fingerprint density at radius 3 is 1.61 bits per heavy atom. The maximum atomic E-state index is 11.4. The smallest absolute Gasteiger partial charge is 0.250 e. The number of carbonyl (C=O) groups is 1. The number of rotatable bonds is 19. The van der Waals surface area contributed by atoms with E-state index in [4.69, 9.17) is 5.73 Å². The van der Waals surface area contributed by atoms with Gasteiger partial charge in [0.1, 0.15) is 0 Å². The highest BCUT2D eigenvalue weighted by Crippen LogP contribution is 2.16. The fourth-order valence-corrected chi connectivity index (χ4v) is 3.75. The lowest BCUT2D eigenvalue weighted by Gasteiger charge is -2.09. The largest absolute Gasteiger partial charge is 0.384 e. The van der Waals surface area contributed by atoms with E-state index in [-0.39, 0.29) is 5.91 Å². The summed E-state index contributed by atoms with van der Waals surface area (Å²) in [5.41, 5.74) is 6.84. The molecular formula is C25H44N2O. The lowest BCUT2D eigenvalue weighted by molar-refractivity contribution is 0.100. The fraction of sp³-hybridized carbons (Fsp3) is 0.720. The molecule has 0 spiro atoms. The van der Waals surface area contributed by atoms with Crippen molar-refractivity contribution in [3.05, 3.63) is 29.8 Å². The topological polar surface area (TPSA) is 55.1 Å². The molecule has 0 atom stereocenters. The minimum absolute atomic E-state index is 0.366. The van der Waals surface area contributed by atoms with Crippen LogP contribution in [0.5, 0.6) is 0 Å². The van der Waals surface area contributed by atoms with E-state index in [9.17, 15) is 4.79 Å². The highest BCUT2D eigenvalue weighted by molar-refractivity contribution is 5.98. The van der Waals surface area contributed by atoms with E-state index in [1.807, 2.05) is 18.2 Å². The number of benzene rings is 1. The molecule has 0 unspecified atom stereocenters. The van der Waals surface area contributed by atoms with Gasteiger partial charge in [0.25, 0.3) is 5.91 Å². The van der Waals surface area contributed by atoms with Gasteiger partial charge in [-0.3, -0.25) is 4.79 Å². The molecule has 0 saturated heterocycles. The van der Waals surface area contributed by atoms with Gasteiger partial charge in [-0.15, -0.1) is 0 Å². The summed E-state index contributed by atoms with van der Waals surface area (Å²) in [6.07, 6.45) is 22.1. The molecule has 0 saturated carbocycles. The standard InChI is InChI=1S/C25H44N2O/c1-2-3-4-5-6-7-8-9-10-11-12-13-14-15-16-19-22-27-24-21-18-17-20-23(24)25(26)28/h17-18,20-21,27H,2-16,19,22H2,1H3,(H2,26,28). The quantitative estimate of drug-likeness (QED) is 0.242. The predicted octanol–water partition coefficient (Wildman–Crippen LogP) is 7.46. The van der Waals surface area contributed by atoms with Gasteiger partial charge in [-0.2, -0.15) is 0 Å². The molecule has 1 aromatic carbocycles. The van der Waals surface area contributed by atoms with E-state index in [1.54, 1.807) is 6.07 Å². The molecule has 0 aromatic heterocycles. The molecule has 0 bridgehead atoms. The van der Waals surface area contributed by atoms with E-state index in [2.05, 4.69) is 12.2 Å². The highest BCUT2D eigenvalue weighted by Gasteiger charge is 2.05. The molecule has 3 nitrogen and oxygen atoms in total. The number of carbonyl (C=O) groups excluding carboxylic acids is 1. The molecule has 1 amide bonds. The zero-order chi connectivity index (χ0) is 20.3. The van der Waals surface area contributed by atoms with Crippen LogP contribution in [0.25, 0.3) is 0 Å².